The summed E-state index contributed by atoms with van der Waals surface area (Å²) in [6, 6.07) is 0.461. The molecule has 5 heteroatoms. The van der Waals surface area contributed by atoms with Crippen molar-refractivity contribution in [2.75, 3.05) is 20.3 Å². The fourth-order valence-corrected chi connectivity index (χ4v) is 2.05. The van der Waals surface area contributed by atoms with Crippen LogP contribution in [0.2, 0.25) is 0 Å². The molecule has 0 aromatic carbocycles. The van der Waals surface area contributed by atoms with Gasteiger partial charge < -0.3 is 25.7 Å². The second-order valence-corrected chi connectivity index (χ2v) is 4.75. The van der Waals surface area contributed by atoms with E-state index in [-0.39, 0.29) is 12.3 Å². The molecule has 17 heavy (non-hydrogen) atoms. The molecule has 102 valence electrons. The third-order valence-electron chi connectivity index (χ3n) is 3.07. The molecule has 0 saturated carbocycles. The third kappa shape index (κ3) is 5.79. The number of rotatable bonds is 1. The van der Waals surface area contributed by atoms with E-state index < -0.39 is 0 Å². The van der Waals surface area contributed by atoms with Gasteiger partial charge in [0.2, 0.25) is 0 Å². The molecule has 2 rings (SSSR count). The summed E-state index contributed by atoms with van der Waals surface area (Å²) in [7, 11) is 1.62. The summed E-state index contributed by atoms with van der Waals surface area (Å²) >= 11 is 0. The fourth-order valence-electron chi connectivity index (χ4n) is 2.05. The second kappa shape index (κ2) is 8.00. The van der Waals surface area contributed by atoms with Crippen molar-refractivity contribution >= 4 is 0 Å². The molecular weight excluding hydrogens is 220 g/mol. The van der Waals surface area contributed by atoms with Gasteiger partial charge >= 0.3 is 0 Å². The van der Waals surface area contributed by atoms with Crippen molar-refractivity contribution in [2.45, 2.75) is 57.1 Å². The van der Waals surface area contributed by atoms with Gasteiger partial charge in [0.1, 0.15) is 0 Å². The zero-order valence-electron chi connectivity index (χ0n) is 10.9. The Hall–Kier alpha value is -0.200. The van der Waals surface area contributed by atoms with Crippen LogP contribution in [0.15, 0.2) is 0 Å². The molecule has 0 aromatic heterocycles. The molecule has 2 heterocycles. The van der Waals surface area contributed by atoms with E-state index in [9.17, 15) is 0 Å². The van der Waals surface area contributed by atoms with Crippen molar-refractivity contribution in [3.05, 3.63) is 0 Å². The van der Waals surface area contributed by atoms with Crippen LogP contribution >= 0.6 is 0 Å². The summed E-state index contributed by atoms with van der Waals surface area (Å²) in [6.45, 7) is 3.70. The van der Waals surface area contributed by atoms with Gasteiger partial charge in [0.15, 0.2) is 6.29 Å². The molecule has 5 nitrogen and oxygen atoms in total. The molecule has 2 saturated heterocycles. The molecule has 2 aliphatic rings. The minimum absolute atomic E-state index is 0.0729. The predicted molar refractivity (Wildman–Crippen MR) is 66.6 cm³/mol. The molecule has 2 fully saturated rings. The zero-order chi connectivity index (χ0) is 12.7. The number of hydrogen-bond donors (Lipinski definition) is 2. The first-order valence-electron chi connectivity index (χ1n) is 6.40. The van der Waals surface area contributed by atoms with Crippen LogP contribution in [0.25, 0.3) is 0 Å². The zero-order valence-corrected chi connectivity index (χ0v) is 10.9. The summed E-state index contributed by atoms with van der Waals surface area (Å²) in [6.07, 6.45) is 4.35. The summed E-state index contributed by atoms with van der Waals surface area (Å²) in [5.74, 6) is 0. The Morgan fingerprint density at radius 1 is 1.12 bits per heavy atom. The lowest BCUT2D eigenvalue weighted by atomic mass is 10.1. The van der Waals surface area contributed by atoms with E-state index in [1.165, 1.54) is 0 Å². The Bertz CT molecular complexity index is 196. The van der Waals surface area contributed by atoms with E-state index in [1.54, 1.807) is 7.11 Å². The van der Waals surface area contributed by atoms with Crippen molar-refractivity contribution in [1.82, 2.24) is 0 Å². The lowest BCUT2D eigenvalue weighted by Gasteiger charge is -2.27. The van der Waals surface area contributed by atoms with Gasteiger partial charge in [-0.25, -0.2) is 0 Å². The van der Waals surface area contributed by atoms with Crippen LogP contribution < -0.4 is 11.5 Å². The summed E-state index contributed by atoms with van der Waals surface area (Å²) in [4.78, 5) is 0. The highest BCUT2D eigenvalue weighted by Gasteiger charge is 2.21. The largest absolute Gasteiger partial charge is 0.378 e. The van der Waals surface area contributed by atoms with Gasteiger partial charge in [-0.05, 0) is 32.6 Å². The lowest BCUT2D eigenvalue weighted by molar-refractivity contribution is -0.155. The smallest absolute Gasteiger partial charge is 0.172 e. The molecule has 0 spiro atoms. The Labute approximate surface area is 104 Å². The van der Waals surface area contributed by atoms with Gasteiger partial charge in [0.05, 0.1) is 12.1 Å². The molecule has 0 bridgehead atoms. The van der Waals surface area contributed by atoms with Gasteiger partial charge in [-0.2, -0.15) is 0 Å². The number of methoxy groups -OCH3 is 1. The average Bonchev–Trinajstić information content (AvgIpc) is 2.30. The summed E-state index contributed by atoms with van der Waals surface area (Å²) < 4.78 is 15.4. The maximum Gasteiger partial charge on any atom is 0.172 e. The van der Waals surface area contributed by atoms with Crippen LogP contribution in [0.5, 0.6) is 0 Å². The Balaban J connectivity index is 0.000000171. The lowest BCUT2D eigenvalue weighted by Crippen LogP contribution is -2.41. The van der Waals surface area contributed by atoms with E-state index in [2.05, 4.69) is 6.92 Å². The maximum absolute atomic E-state index is 5.65. The Morgan fingerprint density at radius 2 is 1.88 bits per heavy atom. The van der Waals surface area contributed by atoms with Gasteiger partial charge in [-0.3, -0.25) is 0 Å². The molecule has 2 aliphatic heterocycles. The van der Waals surface area contributed by atoms with E-state index >= 15 is 0 Å². The molecule has 0 amide bonds. The first kappa shape index (κ1) is 14.9. The third-order valence-corrected chi connectivity index (χ3v) is 3.07. The van der Waals surface area contributed by atoms with Crippen molar-refractivity contribution in [2.24, 2.45) is 11.5 Å². The van der Waals surface area contributed by atoms with E-state index in [0.717, 1.165) is 38.9 Å². The minimum atomic E-state index is -0.168. The molecular formula is C12H26N2O3. The SMILES string of the molecule is CC1CC(N)CCO1.COC1OCCCC1N. The molecule has 4 atom stereocenters. The molecule has 0 aromatic rings. The number of ether oxygens (including phenoxy) is 3. The summed E-state index contributed by atoms with van der Waals surface area (Å²) in [5.41, 5.74) is 11.3. The number of hydrogen-bond acceptors (Lipinski definition) is 5. The van der Waals surface area contributed by atoms with Gasteiger partial charge in [0, 0.05) is 26.4 Å². The van der Waals surface area contributed by atoms with Gasteiger partial charge in [-0.1, -0.05) is 0 Å². The highest BCUT2D eigenvalue weighted by molar-refractivity contribution is 4.70. The van der Waals surface area contributed by atoms with E-state index in [1.807, 2.05) is 0 Å². The molecule has 4 unspecified atom stereocenters. The normalized spacial score (nSPS) is 38.1. The minimum Gasteiger partial charge on any atom is -0.378 e. The van der Waals surface area contributed by atoms with Crippen LogP contribution in [0.1, 0.15) is 32.6 Å². The second-order valence-electron chi connectivity index (χ2n) is 4.75. The van der Waals surface area contributed by atoms with Crippen molar-refractivity contribution < 1.29 is 14.2 Å². The van der Waals surface area contributed by atoms with Gasteiger partial charge in [0.25, 0.3) is 0 Å². The van der Waals surface area contributed by atoms with Crippen molar-refractivity contribution in [3.8, 4) is 0 Å². The van der Waals surface area contributed by atoms with Crippen LogP contribution in [0.3, 0.4) is 0 Å². The first-order chi connectivity index (χ1) is 8.13. The van der Waals surface area contributed by atoms with Crippen molar-refractivity contribution in [3.63, 3.8) is 0 Å². The van der Waals surface area contributed by atoms with Crippen LogP contribution in [-0.2, 0) is 14.2 Å². The highest BCUT2D eigenvalue weighted by atomic mass is 16.7. The van der Waals surface area contributed by atoms with Crippen LogP contribution in [0, 0.1) is 0 Å². The maximum atomic E-state index is 5.65. The van der Waals surface area contributed by atoms with Gasteiger partial charge in [-0.15, -0.1) is 0 Å². The van der Waals surface area contributed by atoms with E-state index in [0.29, 0.717) is 12.1 Å². The standard InChI is InChI=1S/C6H13NO2.C6H13NO/c1-8-6-5(7)3-2-4-9-6;1-5-4-6(7)2-3-8-5/h5-6H,2-4,7H2,1H3;5-6H,2-4,7H2,1H3. The first-order valence-corrected chi connectivity index (χ1v) is 6.40. The van der Waals surface area contributed by atoms with E-state index in [4.69, 9.17) is 25.7 Å². The Kier molecular flexibility index (Phi) is 6.99. The Morgan fingerprint density at radius 3 is 2.29 bits per heavy atom. The predicted octanol–water partition coefficient (Wildman–Crippen LogP) is 0.609. The average molecular weight is 246 g/mol. The summed E-state index contributed by atoms with van der Waals surface area (Å²) in [5, 5.41) is 0. The molecule has 0 radical (unpaired) electrons. The highest BCUT2D eigenvalue weighted by Crippen LogP contribution is 2.11. The number of nitrogens with two attached hydrogens (primary N) is 2. The molecule has 4 N–H and O–H groups in total. The van der Waals surface area contributed by atoms with Crippen LogP contribution in [0.4, 0.5) is 0 Å². The molecule has 0 aliphatic carbocycles. The monoisotopic (exact) mass is 246 g/mol. The van der Waals surface area contributed by atoms with Crippen molar-refractivity contribution in [1.29, 1.82) is 0 Å². The quantitative estimate of drug-likeness (QED) is 0.708. The topological polar surface area (TPSA) is 79.7 Å². The fraction of sp³-hybridized carbons (Fsp3) is 1.00. The van der Waals surface area contributed by atoms with Crippen LogP contribution in [-0.4, -0.2) is 44.8 Å².